The average Bonchev–Trinajstić information content (AvgIpc) is 2.58. The Kier molecular flexibility index (Phi) is 15.9. The van der Waals surface area contributed by atoms with Gasteiger partial charge < -0.3 is 9.94 Å². The summed E-state index contributed by atoms with van der Waals surface area (Å²) < 4.78 is 0. The van der Waals surface area contributed by atoms with Crippen molar-refractivity contribution in [3.8, 4) is 0 Å². The third-order valence-electron chi connectivity index (χ3n) is 3.70. The lowest BCUT2D eigenvalue weighted by Gasteiger charge is -2.25. The van der Waals surface area contributed by atoms with Crippen LogP contribution in [0.4, 0.5) is 0 Å². The number of carbonyl (C=O) groups is 1. The molecule has 0 amide bonds. The van der Waals surface area contributed by atoms with Gasteiger partial charge in [0.1, 0.15) is 12.4 Å². The molecule has 0 bridgehead atoms. The number of oxime groups is 1. The molecule has 0 aromatic carbocycles. The second kappa shape index (κ2) is 15.6. The zero-order chi connectivity index (χ0) is 19.2. The minimum atomic E-state index is -0.0375. The van der Waals surface area contributed by atoms with E-state index in [9.17, 15) is 9.90 Å². The molecule has 8 heteroatoms. The Hall–Kier alpha value is 0.520. The number of aliphatic hydroxyl groups is 1. The normalized spacial score (nSPS) is 19.7. The van der Waals surface area contributed by atoms with E-state index in [0.29, 0.717) is 35.8 Å². The van der Waals surface area contributed by atoms with Crippen molar-refractivity contribution in [2.45, 2.75) is 51.7 Å². The first kappa shape index (κ1) is 25.5. The van der Waals surface area contributed by atoms with Gasteiger partial charge in [-0.05, 0) is 30.6 Å². The average molecular weight is 614 g/mol. The predicted octanol–water partition coefficient (Wildman–Crippen LogP) is 6.62. The molecular weight excluding hydrogens is 588 g/mol. The molecule has 144 valence electrons. The van der Waals surface area contributed by atoms with E-state index < -0.39 is 0 Å². The SMILES string of the molecule is CCSC(C)CC1CC(=O)C(/C(CC)=N/OC/C=C/Cl)=C(O)C1.II. The highest BCUT2D eigenvalue weighted by Crippen LogP contribution is 2.32. The number of nitrogens with zero attached hydrogens (tertiary/aromatic N) is 1. The Balaban J connectivity index is 0.00000277. The summed E-state index contributed by atoms with van der Waals surface area (Å²) >= 11 is 11.5. The largest absolute Gasteiger partial charge is 0.511 e. The van der Waals surface area contributed by atoms with Gasteiger partial charge in [0.05, 0.1) is 11.3 Å². The summed E-state index contributed by atoms with van der Waals surface area (Å²) in [5.74, 6) is 1.38. The van der Waals surface area contributed by atoms with Gasteiger partial charge in [-0.25, -0.2) is 0 Å². The first-order valence-electron chi connectivity index (χ1n) is 8.18. The van der Waals surface area contributed by atoms with Gasteiger partial charge >= 0.3 is 0 Å². The third kappa shape index (κ3) is 9.86. The first-order valence-corrected chi connectivity index (χ1v) is 16.0. The standard InChI is InChI=1S/C17H26ClNO3S.I2/c1-4-14(19-22-8-6-7-18)17-15(20)10-13(11-16(17)21)9-12(3)23-5-2;1-2/h6-7,12-13,20H,4-5,8-11H2,1-3H3;/b7-6+,19-14+;. The summed E-state index contributed by atoms with van der Waals surface area (Å²) in [6.45, 7) is 6.43. The maximum atomic E-state index is 12.4. The quantitative estimate of drug-likeness (QED) is 0.138. The Labute approximate surface area is 183 Å². The summed E-state index contributed by atoms with van der Waals surface area (Å²) in [6, 6.07) is 0. The van der Waals surface area contributed by atoms with E-state index in [1.807, 2.05) is 18.7 Å². The van der Waals surface area contributed by atoms with E-state index >= 15 is 0 Å². The molecule has 0 aliphatic heterocycles. The molecule has 0 radical (unpaired) electrons. The van der Waals surface area contributed by atoms with Crippen LogP contribution in [0.1, 0.15) is 46.5 Å². The molecule has 2 unspecified atom stereocenters. The molecule has 4 nitrogen and oxygen atoms in total. The van der Waals surface area contributed by atoms with Crippen molar-refractivity contribution in [2.24, 2.45) is 11.1 Å². The number of hydrogen-bond acceptors (Lipinski definition) is 5. The molecule has 1 aliphatic carbocycles. The second-order valence-corrected chi connectivity index (χ2v) is 7.54. The summed E-state index contributed by atoms with van der Waals surface area (Å²) in [4.78, 5) is 17.6. The number of allylic oxidation sites excluding steroid dienone is 2. The van der Waals surface area contributed by atoms with Crippen LogP contribution in [0.15, 0.2) is 28.1 Å². The van der Waals surface area contributed by atoms with Gasteiger partial charge in [-0.3, -0.25) is 4.79 Å². The summed E-state index contributed by atoms with van der Waals surface area (Å²) in [5.41, 5.74) is 2.20. The molecule has 0 saturated heterocycles. The maximum absolute atomic E-state index is 12.4. The number of rotatable bonds is 9. The zero-order valence-corrected chi connectivity index (χ0v) is 20.7. The predicted molar refractivity (Wildman–Crippen MR) is 126 cm³/mol. The molecule has 0 saturated carbocycles. The number of aliphatic hydroxyl groups excluding tert-OH is 1. The third-order valence-corrected chi connectivity index (χ3v) is 4.97. The van der Waals surface area contributed by atoms with Crippen molar-refractivity contribution in [3.63, 3.8) is 0 Å². The highest BCUT2D eigenvalue weighted by molar-refractivity contribution is 15.0. The van der Waals surface area contributed by atoms with E-state index in [1.54, 1.807) is 6.08 Å². The highest BCUT2D eigenvalue weighted by Gasteiger charge is 2.31. The van der Waals surface area contributed by atoms with Crippen molar-refractivity contribution in [2.75, 3.05) is 12.4 Å². The minimum Gasteiger partial charge on any atom is -0.511 e. The molecule has 2 atom stereocenters. The molecule has 25 heavy (non-hydrogen) atoms. The number of thioether (sulfide) groups is 1. The van der Waals surface area contributed by atoms with E-state index in [2.05, 4.69) is 56.2 Å². The molecule has 1 rings (SSSR count). The van der Waals surface area contributed by atoms with Gasteiger partial charge in [0, 0.05) is 60.9 Å². The van der Waals surface area contributed by atoms with Crippen molar-refractivity contribution in [3.05, 3.63) is 22.9 Å². The molecular formula is C17H26ClI2NO3S. The van der Waals surface area contributed by atoms with Gasteiger partial charge in [-0.1, -0.05) is 37.5 Å². The van der Waals surface area contributed by atoms with Crippen LogP contribution in [0.3, 0.4) is 0 Å². The summed E-state index contributed by atoms with van der Waals surface area (Å²) in [7, 11) is 0. The smallest absolute Gasteiger partial charge is 0.168 e. The Morgan fingerprint density at radius 3 is 2.68 bits per heavy atom. The lowest BCUT2D eigenvalue weighted by atomic mass is 9.82. The molecule has 0 spiro atoms. The second-order valence-electron chi connectivity index (χ2n) is 5.57. The zero-order valence-electron chi connectivity index (χ0n) is 14.8. The van der Waals surface area contributed by atoms with E-state index in [0.717, 1.165) is 12.2 Å². The molecule has 0 heterocycles. The molecule has 0 aromatic rings. The number of halogens is 3. The van der Waals surface area contributed by atoms with Crippen molar-refractivity contribution in [1.29, 1.82) is 0 Å². The topological polar surface area (TPSA) is 58.9 Å². The van der Waals surface area contributed by atoms with Crippen LogP contribution in [0.25, 0.3) is 0 Å². The van der Waals surface area contributed by atoms with Crippen molar-refractivity contribution < 1.29 is 14.7 Å². The number of ketones is 1. The fourth-order valence-corrected chi connectivity index (χ4v) is 3.82. The lowest BCUT2D eigenvalue weighted by molar-refractivity contribution is -0.116. The van der Waals surface area contributed by atoms with Crippen LogP contribution in [-0.4, -0.2) is 34.2 Å². The Morgan fingerprint density at radius 2 is 2.16 bits per heavy atom. The number of Topliss-reactive ketones (excluding diaryl/α,β-unsaturated/α-hetero) is 1. The van der Waals surface area contributed by atoms with Crippen LogP contribution in [0.5, 0.6) is 0 Å². The minimum absolute atomic E-state index is 0.0375. The molecule has 1 N–H and O–H groups in total. The van der Waals surface area contributed by atoms with E-state index in [1.165, 1.54) is 5.54 Å². The van der Waals surface area contributed by atoms with Crippen LogP contribution in [-0.2, 0) is 9.63 Å². The van der Waals surface area contributed by atoms with Crippen molar-refractivity contribution in [1.82, 2.24) is 0 Å². The number of carbonyl (C=O) groups excluding carboxylic acids is 1. The van der Waals surface area contributed by atoms with Crippen LogP contribution in [0, 0.1) is 5.92 Å². The first-order chi connectivity index (χ1) is 12.0. The molecule has 0 aromatic heterocycles. The van der Waals surface area contributed by atoms with E-state index in [-0.39, 0.29) is 24.1 Å². The van der Waals surface area contributed by atoms with Gasteiger partial charge in [0.2, 0.25) is 0 Å². The van der Waals surface area contributed by atoms with Gasteiger partial charge in [-0.2, -0.15) is 11.8 Å². The fourth-order valence-electron chi connectivity index (χ4n) is 2.77. The van der Waals surface area contributed by atoms with E-state index in [4.69, 9.17) is 16.4 Å². The summed E-state index contributed by atoms with van der Waals surface area (Å²) in [5, 5.41) is 14.8. The van der Waals surface area contributed by atoms with Gasteiger partial charge in [-0.15, -0.1) is 0 Å². The van der Waals surface area contributed by atoms with Gasteiger partial charge in [0.15, 0.2) is 5.78 Å². The van der Waals surface area contributed by atoms with Gasteiger partial charge in [0.25, 0.3) is 0 Å². The fraction of sp³-hybridized carbons (Fsp3) is 0.647. The van der Waals surface area contributed by atoms with Crippen LogP contribution in [0.2, 0.25) is 0 Å². The highest BCUT2D eigenvalue weighted by atomic mass is 128. The lowest BCUT2D eigenvalue weighted by Crippen LogP contribution is -2.26. The van der Waals surface area contributed by atoms with Crippen LogP contribution < -0.4 is 0 Å². The maximum Gasteiger partial charge on any atom is 0.168 e. The van der Waals surface area contributed by atoms with Crippen LogP contribution >= 0.6 is 60.6 Å². The Bertz CT molecular complexity index is 498. The number of hydrogen-bond donors (Lipinski definition) is 1. The molecule has 0 fully saturated rings. The van der Waals surface area contributed by atoms with Crippen molar-refractivity contribution >= 4 is 72.1 Å². The monoisotopic (exact) mass is 613 g/mol. The Morgan fingerprint density at radius 1 is 1.48 bits per heavy atom. The molecule has 1 aliphatic rings. The summed E-state index contributed by atoms with van der Waals surface area (Å²) in [6.07, 6.45) is 4.09.